The van der Waals surface area contributed by atoms with Gasteiger partial charge in [0.05, 0.1) is 5.92 Å². The summed E-state index contributed by atoms with van der Waals surface area (Å²) < 4.78 is 0. The highest BCUT2D eigenvalue weighted by Gasteiger charge is 2.17. The van der Waals surface area contributed by atoms with E-state index < -0.39 is 0 Å². The molecule has 0 aliphatic rings. The maximum atomic E-state index is 11.7. The standard InChI is InChI=1S/C11H18N4O/c1-6-5-7(2)14-11(13-6)15-10(16)8(3)9(4)12/h5,8-9H,12H2,1-4H3,(H,13,14,15,16). The van der Waals surface area contributed by atoms with Crippen LogP contribution >= 0.6 is 0 Å². The first kappa shape index (κ1) is 12.6. The number of nitrogens with one attached hydrogen (secondary N) is 1. The Morgan fingerprint density at radius 3 is 2.25 bits per heavy atom. The minimum atomic E-state index is -0.260. The van der Waals surface area contributed by atoms with Gasteiger partial charge < -0.3 is 5.73 Å². The minimum absolute atomic E-state index is 0.153. The third-order valence-electron chi connectivity index (χ3n) is 2.42. The number of aromatic nitrogens is 2. The smallest absolute Gasteiger partial charge is 0.231 e. The number of nitrogens with zero attached hydrogens (tertiary/aromatic N) is 2. The Morgan fingerprint density at radius 2 is 1.81 bits per heavy atom. The molecule has 0 bridgehead atoms. The molecule has 0 fully saturated rings. The Hall–Kier alpha value is -1.49. The molecule has 0 aromatic carbocycles. The zero-order valence-corrected chi connectivity index (χ0v) is 10.1. The van der Waals surface area contributed by atoms with Crippen LogP contribution in [0.25, 0.3) is 0 Å². The van der Waals surface area contributed by atoms with Gasteiger partial charge in [-0.25, -0.2) is 9.97 Å². The monoisotopic (exact) mass is 222 g/mol. The quantitative estimate of drug-likeness (QED) is 0.800. The van der Waals surface area contributed by atoms with Gasteiger partial charge in [-0.3, -0.25) is 10.1 Å². The predicted octanol–water partition coefficient (Wildman–Crippen LogP) is 1.02. The van der Waals surface area contributed by atoms with Crippen molar-refractivity contribution in [2.24, 2.45) is 11.7 Å². The van der Waals surface area contributed by atoms with Crippen molar-refractivity contribution in [2.45, 2.75) is 33.7 Å². The number of amides is 1. The SMILES string of the molecule is Cc1cc(C)nc(NC(=O)C(C)C(C)N)n1. The van der Waals surface area contributed by atoms with Crippen molar-refractivity contribution in [3.05, 3.63) is 17.5 Å². The zero-order valence-electron chi connectivity index (χ0n) is 10.1. The van der Waals surface area contributed by atoms with E-state index in [0.29, 0.717) is 5.95 Å². The van der Waals surface area contributed by atoms with Gasteiger partial charge in [-0.2, -0.15) is 0 Å². The van der Waals surface area contributed by atoms with Gasteiger partial charge in [0.2, 0.25) is 11.9 Å². The van der Waals surface area contributed by atoms with E-state index in [2.05, 4.69) is 15.3 Å². The van der Waals surface area contributed by atoms with Gasteiger partial charge in [-0.15, -0.1) is 0 Å². The number of carbonyl (C=O) groups is 1. The van der Waals surface area contributed by atoms with Crippen LogP contribution in [0, 0.1) is 19.8 Å². The first-order chi connectivity index (χ1) is 7.40. The summed E-state index contributed by atoms with van der Waals surface area (Å²) in [4.78, 5) is 20.0. The molecule has 0 saturated heterocycles. The molecule has 88 valence electrons. The van der Waals surface area contributed by atoms with Crippen LogP contribution in [-0.2, 0) is 4.79 Å². The Kier molecular flexibility index (Phi) is 3.95. The number of anilines is 1. The van der Waals surface area contributed by atoms with Gasteiger partial charge in [0.15, 0.2) is 0 Å². The maximum absolute atomic E-state index is 11.7. The first-order valence-corrected chi connectivity index (χ1v) is 5.29. The van der Waals surface area contributed by atoms with E-state index in [-0.39, 0.29) is 17.9 Å². The molecule has 3 N–H and O–H groups in total. The summed E-state index contributed by atoms with van der Waals surface area (Å²) in [7, 11) is 0. The van der Waals surface area contributed by atoms with Gasteiger partial charge in [0, 0.05) is 17.4 Å². The second-order valence-electron chi connectivity index (χ2n) is 4.11. The number of hydrogen-bond acceptors (Lipinski definition) is 4. The van der Waals surface area contributed by atoms with Gasteiger partial charge in [0.1, 0.15) is 0 Å². The fourth-order valence-corrected chi connectivity index (χ4v) is 1.24. The van der Waals surface area contributed by atoms with E-state index in [1.54, 1.807) is 13.8 Å². The molecule has 0 saturated carbocycles. The van der Waals surface area contributed by atoms with E-state index in [1.165, 1.54) is 0 Å². The van der Waals surface area contributed by atoms with E-state index >= 15 is 0 Å². The molecule has 0 aliphatic carbocycles. The largest absolute Gasteiger partial charge is 0.327 e. The lowest BCUT2D eigenvalue weighted by molar-refractivity contribution is -0.119. The third kappa shape index (κ3) is 3.27. The van der Waals surface area contributed by atoms with Crippen molar-refractivity contribution >= 4 is 11.9 Å². The van der Waals surface area contributed by atoms with Gasteiger partial charge >= 0.3 is 0 Å². The molecule has 1 rings (SSSR count). The van der Waals surface area contributed by atoms with E-state index in [9.17, 15) is 4.79 Å². The lowest BCUT2D eigenvalue weighted by atomic mass is 10.0. The second kappa shape index (κ2) is 5.03. The van der Waals surface area contributed by atoms with Crippen LogP contribution in [0.3, 0.4) is 0 Å². The third-order valence-corrected chi connectivity index (χ3v) is 2.42. The van der Waals surface area contributed by atoms with Crippen LogP contribution in [0.2, 0.25) is 0 Å². The van der Waals surface area contributed by atoms with Crippen LogP contribution in [0.15, 0.2) is 6.07 Å². The molecule has 0 radical (unpaired) electrons. The Morgan fingerprint density at radius 1 is 1.31 bits per heavy atom. The molecular weight excluding hydrogens is 204 g/mol. The average Bonchev–Trinajstić information content (AvgIpc) is 2.14. The molecule has 1 aromatic rings. The summed E-state index contributed by atoms with van der Waals surface area (Å²) in [5, 5.41) is 2.66. The fourth-order valence-electron chi connectivity index (χ4n) is 1.24. The van der Waals surface area contributed by atoms with E-state index in [0.717, 1.165) is 11.4 Å². The number of hydrogen-bond donors (Lipinski definition) is 2. The van der Waals surface area contributed by atoms with Crippen LogP contribution < -0.4 is 11.1 Å². The molecule has 2 unspecified atom stereocenters. The lowest BCUT2D eigenvalue weighted by Crippen LogP contribution is -2.34. The lowest BCUT2D eigenvalue weighted by Gasteiger charge is -2.14. The van der Waals surface area contributed by atoms with Crippen molar-refractivity contribution in [1.29, 1.82) is 0 Å². The van der Waals surface area contributed by atoms with Gasteiger partial charge in [-0.05, 0) is 26.8 Å². The average molecular weight is 222 g/mol. The first-order valence-electron chi connectivity index (χ1n) is 5.29. The molecule has 2 atom stereocenters. The number of aryl methyl sites for hydroxylation is 2. The molecule has 1 heterocycles. The molecule has 1 amide bonds. The van der Waals surface area contributed by atoms with Crippen molar-refractivity contribution in [3.63, 3.8) is 0 Å². The molecule has 0 spiro atoms. The summed E-state index contributed by atoms with van der Waals surface area (Å²) in [6.07, 6.45) is 0. The number of nitrogens with two attached hydrogens (primary N) is 1. The summed E-state index contributed by atoms with van der Waals surface area (Å²) in [6.45, 7) is 7.30. The van der Waals surface area contributed by atoms with Crippen LogP contribution in [0.1, 0.15) is 25.2 Å². The Labute approximate surface area is 95.5 Å². The molecule has 5 nitrogen and oxygen atoms in total. The Bertz CT molecular complexity index is 369. The molecule has 5 heteroatoms. The molecular formula is C11H18N4O. The maximum Gasteiger partial charge on any atom is 0.231 e. The van der Waals surface area contributed by atoms with Gasteiger partial charge in [-0.1, -0.05) is 6.92 Å². The van der Waals surface area contributed by atoms with Crippen LogP contribution in [0.5, 0.6) is 0 Å². The molecule has 16 heavy (non-hydrogen) atoms. The van der Waals surface area contributed by atoms with Gasteiger partial charge in [0.25, 0.3) is 0 Å². The number of rotatable bonds is 3. The van der Waals surface area contributed by atoms with Crippen molar-refractivity contribution in [1.82, 2.24) is 9.97 Å². The van der Waals surface area contributed by atoms with Crippen molar-refractivity contribution < 1.29 is 4.79 Å². The summed E-state index contributed by atoms with van der Waals surface area (Å²) in [6, 6.07) is 1.66. The Balaban J connectivity index is 2.77. The van der Waals surface area contributed by atoms with Crippen molar-refractivity contribution in [2.75, 3.05) is 5.32 Å². The van der Waals surface area contributed by atoms with Crippen LogP contribution in [0.4, 0.5) is 5.95 Å². The summed E-state index contributed by atoms with van der Waals surface area (Å²) in [5.74, 6) is -0.0700. The number of carbonyl (C=O) groups excluding carboxylic acids is 1. The van der Waals surface area contributed by atoms with E-state index in [1.807, 2.05) is 19.9 Å². The predicted molar refractivity (Wildman–Crippen MR) is 62.9 cm³/mol. The highest BCUT2D eigenvalue weighted by molar-refractivity contribution is 5.91. The molecule has 1 aromatic heterocycles. The highest BCUT2D eigenvalue weighted by atomic mass is 16.2. The summed E-state index contributed by atoms with van der Waals surface area (Å²) in [5.41, 5.74) is 7.31. The zero-order chi connectivity index (χ0) is 12.3. The highest BCUT2D eigenvalue weighted by Crippen LogP contribution is 2.07. The summed E-state index contributed by atoms with van der Waals surface area (Å²) >= 11 is 0. The second-order valence-corrected chi connectivity index (χ2v) is 4.11. The van der Waals surface area contributed by atoms with Crippen molar-refractivity contribution in [3.8, 4) is 0 Å². The van der Waals surface area contributed by atoms with Crippen LogP contribution in [-0.4, -0.2) is 21.9 Å². The molecule has 0 aliphatic heterocycles. The fraction of sp³-hybridized carbons (Fsp3) is 0.545. The normalized spacial score (nSPS) is 14.3. The topological polar surface area (TPSA) is 80.9 Å². The minimum Gasteiger partial charge on any atom is -0.327 e. The van der Waals surface area contributed by atoms with E-state index in [4.69, 9.17) is 5.73 Å².